The molecule has 0 spiro atoms. The highest BCUT2D eigenvalue weighted by Crippen LogP contribution is 2.42. The van der Waals surface area contributed by atoms with Crippen molar-refractivity contribution in [2.24, 2.45) is 13.0 Å². The molecular weight excluding hydrogens is 502 g/mol. The van der Waals surface area contributed by atoms with Gasteiger partial charge in [-0.2, -0.15) is 5.10 Å². The monoisotopic (exact) mass is 532 g/mol. The minimum atomic E-state index is -2.72. The average molecular weight is 533 g/mol. The first-order valence-electron chi connectivity index (χ1n) is 12.7. The summed E-state index contributed by atoms with van der Waals surface area (Å²) in [4.78, 5) is 15.7. The molecule has 1 aliphatic heterocycles. The van der Waals surface area contributed by atoms with Gasteiger partial charge in [0, 0.05) is 36.3 Å². The summed E-state index contributed by atoms with van der Waals surface area (Å²) in [5.41, 5.74) is 2.53. The molecule has 1 aromatic carbocycles. The Labute approximate surface area is 219 Å². The van der Waals surface area contributed by atoms with E-state index in [1.807, 2.05) is 22.7 Å². The quantitative estimate of drug-likeness (QED) is 0.418. The molecular formula is C26H31ClF2N6O2. The van der Waals surface area contributed by atoms with E-state index in [0.29, 0.717) is 30.3 Å². The van der Waals surface area contributed by atoms with Crippen LogP contribution in [0.25, 0.3) is 0 Å². The van der Waals surface area contributed by atoms with Crippen LogP contribution in [0.5, 0.6) is 5.75 Å². The molecule has 0 unspecified atom stereocenters. The highest BCUT2D eigenvalue weighted by molar-refractivity contribution is 6.31. The van der Waals surface area contributed by atoms with Gasteiger partial charge in [0.1, 0.15) is 23.7 Å². The van der Waals surface area contributed by atoms with Crippen molar-refractivity contribution in [2.75, 3.05) is 6.54 Å². The molecule has 1 amide bonds. The lowest BCUT2D eigenvalue weighted by molar-refractivity contribution is -0.140. The van der Waals surface area contributed by atoms with Crippen molar-refractivity contribution in [1.82, 2.24) is 29.7 Å². The van der Waals surface area contributed by atoms with E-state index in [9.17, 15) is 13.6 Å². The number of amides is 1. The van der Waals surface area contributed by atoms with Crippen LogP contribution in [0.3, 0.4) is 0 Å². The minimum Gasteiger partial charge on any atom is -0.487 e. The summed E-state index contributed by atoms with van der Waals surface area (Å²) in [7, 11) is 1.43. The van der Waals surface area contributed by atoms with Crippen molar-refractivity contribution in [3.05, 3.63) is 57.6 Å². The van der Waals surface area contributed by atoms with Gasteiger partial charge in [0.2, 0.25) is 5.91 Å². The maximum Gasteiger partial charge on any atom is 0.282 e. The molecule has 1 saturated carbocycles. The maximum absolute atomic E-state index is 13.8. The molecule has 1 atom stereocenters. The van der Waals surface area contributed by atoms with E-state index in [1.54, 1.807) is 18.3 Å². The predicted molar refractivity (Wildman–Crippen MR) is 133 cm³/mol. The van der Waals surface area contributed by atoms with Gasteiger partial charge in [-0.3, -0.25) is 9.48 Å². The number of aromatic nitrogens is 5. The summed E-state index contributed by atoms with van der Waals surface area (Å²) in [5, 5.41) is 12.7. The number of alkyl halides is 2. The second-order valence-electron chi connectivity index (χ2n) is 9.94. The van der Waals surface area contributed by atoms with Gasteiger partial charge in [0.05, 0.1) is 18.8 Å². The van der Waals surface area contributed by atoms with Crippen LogP contribution in [-0.2, 0) is 31.4 Å². The first-order chi connectivity index (χ1) is 17.8. The second-order valence-corrected chi connectivity index (χ2v) is 10.4. The molecule has 198 valence electrons. The number of hydrogen-bond acceptors (Lipinski definition) is 5. The van der Waals surface area contributed by atoms with Crippen molar-refractivity contribution in [1.29, 1.82) is 0 Å². The number of hydrogen-bond donors (Lipinski definition) is 0. The third-order valence-corrected chi connectivity index (χ3v) is 7.80. The number of fused-ring (bicyclic) bond motifs is 1. The van der Waals surface area contributed by atoms with Crippen LogP contribution in [0.15, 0.2) is 24.5 Å². The van der Waals surface area contributed by atoms with Crippen LogP contribution < -0.4 is 4.74 Å². The molecule has 3 aromatic rings. The lowest BCUT2D eigenvalue weighted by Gasteiger charge is -2.40. The van der Waals surface area contributed by atoms with Crippen LogP contribution in [0, 0.1) is 12.8 Å². The van der Waals surface area contributed by atoms with Crippen molar-refractivity contribution in [3.8, 4) is 5.75 Å². The fraction of sp³-hybridized carbons (Fsp3) is 0.538. The van der Waals surface area contributed by atoms with Crippen LogP contribution in [-0.4, -0.2) is 42.1 Å². The number of ether oxygens (including phenoxy) is 1. The highest BCUT2D eigenvalue weighted by Gasteiger charge is 2.38. The standard InChI is InChI=1S/C26H31ClF2N6O2/c1-16-12-30-34(13-16)14-21-23-18(10-11-35(21)26(36)17-6-4-3-5-7-17)19(27)8-9-22(23)37-15-20-24(25(28)29)33(2)32-31-20/h8-9,12-13,17,21,25H,3-7,10-11,14-15H2,1-2H3/t21-/m1/s1. The zero-order valence-corrected chi connectivity index (χ0v) is 21.8. The summed E-state index contributed by atoms with van der Waals surface area (Å²) in [6.07, 6.45) is 6.69. The van der Waals surface area contributed by atoms with Gasteiger partial charge in [-0.05, 0) is 49.4 Å². The van der Waals surface area contributed by atoms with E-state index < -0.39 is 6.43 Å². The molecule has 1 aliphatic carbocycles. The van der Waals surface area contributed by atoms with Crippen LogP contribution in [0.1, 0.15) is 72.6 Å². The van der Waals surface area contributed by atoms with E-state index >= 15 is 0 Å². The third-order valence-electron chi connectivity index (χ3n) is 7.45. The maximum atomic E-state index is 13.8. The van der Waals surface area contributed by atoms with Crippen LogP contribution >= 0.6 is 11.6 Å². The van der Waals surface area contributed by atoms with Gasteiger partial charge < -0.3 is 9.64 Å². The van der Waals surface area contributed by atoms with Gasteiger partial charge in [-0.25, -0.2) is 13.5 Å². The molecule has 1 fully saturated rings. The molecule has 37 heavy (non-hydrogen) atoms. The molecule has 0 radical (unpaired) electrons. The van der Waals surface area contributed by atoms with E-state index in [0.717, 1.165) is 47.1 Å². The van der Waals surface area contributed by atoms with Gasteiger partial charge in [0.25, 0.3) is 6.43 Å². The Morgan fingerprint density at radius 3 is 2.73 bits per heavy atom. The van der Waals surface area contributed by atoms with E-state index in [2.05, 4.69) is 15.4 Å². The topological polar surface area (TPSA) is 78.1 Å². The molecule has 2 aromatic heterocycles. The average Bonchev–Trinajstić information content (AvgIpc) is 3.48. The Bertz CT molecular complexity index is 1270. The molecule has 0 bridgehead atoms. The smallest absolute Gasteiger partial charge is 0.282 e. The van der Waals surface area contributed by atoms with Crippen LogP contribution in [0.4, 0.5) is 8.78 Å². The van der Waals surface area contributed by atoms with Gasteiger partial charge >= 0.3 is 0 Å². The Kier molecular flexibility index (Phi) is 7.46. The van der Waals surface area contributed by atoms with Crippen LogP contribution in [0.2, 0.25) is 5.02 Å². The molecule has 0 saturated heterocycles. The molecule has 11 heteroatoms. The van der Waals surface area contributed by atoms with E-state index in [4.69, 9.17) is 16.3 Å². The lowest BCUT2D eigenvalue weighted by Crippen LogP contribution is -2.45. The molecule has 3 heterocycles. The van der Waals surface area contributed by atoms with Gasteiger partial charge in [-0.1, -0.05) is 36.1 Å². The second kappa shape index (κ2) is 10.8. The Hall–Kier alpha value is -3.01. The Morgan fingerprint density at radius 2 is 2.03 bits per heavy atom. The lowest BCUT2D eigenvalue weighted by atomic mass is 9.85. The molecule has 0 N–H and O–H groups in total. The van der Waals surface area contributed by atoms with Gasteiger partial charge in [-0.15, -0.1) is 5.10 Å². The van der Waals surface area contributed by atoms with Crippen molar-refractivity contribution < 1.29 is 18.3 Å². The van der Waals surface area contributed by atoms with E-state index in [-0.39, 0.29) is 35.9 Å². The zero-order chi connectivity index (χ0) is 26.1. The SMILES string of the molecule is Cc1cnn(C[C@@H]2c3c(OCc4nnn(C)c4C(F)F)ccc(Cl)c3CCN2C(=O)C2CCCCC2)c1. The normalized spacial score (nSPS) is 18.3. The molecule has 5 rings (SSSR count). The first-order valence-corrected chi connectivity index (χ1v) is 13.1. The largest absolute Gasteiger partial charge is 0.487 e. The number of halogens is 3. The number of rotatable bonds is 7. The zero-order valence-electron chi connectivity index (χ0n) is 21.0. The minimum absolute atomic E-state index is 0.00824. The van der Waals surface area contributed by atoms with E-state index in [1.165, 1.54) is 13.5 Å². The summed E-state index contributed by atoms with van der Waals surface area (Å²) < 4.78 is 36.2. The van der Waals surface area contributed by atoms with Gasteiger partial charge in [0.15, 0.2) is 0 Å². The molecule has 8 nitrogen and oxygen atoms in total. The predicted octanol–water partition coefficient (Wildman–Crippen LogP) is 5.20. The highest BCUT2D eigenvalue weighted by atomic mass is 35.5. The van der Waals surface area contributed by atoms with Crippen molar-refractivity contribution >= 4 is 17.5 Å². The summed E-state index contributed by atoms with van der Waals surface area (Å²) >= 11 is 6.64. The van der Waals surface area contributed by atoms with Crippen molar-refractivity contribution in [2.45, 2.75) is 71.1 Å². The molecule has 2 aliphatic rings. The number of carbonyl (C=O) groups excluding carboxylic acids is 1. The fourth-order valence-electron chi connectivity index (χ4n) is 5.61. The number of benzene rings is 1. The van der Waals surface area contributed by atoms with Crippen molar-refractivity contribution in [3.63, 3.8) is 0 Å². The summed E-state index contributed by atoms with van der Waals surface area (Å²) in [5.74, 6) is 0.660. The number of aryl methyl sites for hydroxylation is 2. The third kappa shape index (κ3) is 5.21. The Balaban J connectivity index is 1.51. The first kappa shape index (κ1) is 25.6. The Morgan fingerprint density at radius 1 is 1.24 bits per heavy atom. The number of carbonyl (C=O) groups is 1. The fourth-order valence-corrected chi connectivity index (χ4v) is 5.87. The number of nitrogens with zero attached hydrogens (tertiary/aromatic N) is 6. The summed E-state index contributed by atoms with van der Waals surface area (Å²) in [6.45, 7) is 2.78. The summed E-state index contributed by atoms with van der Waals surface area (Å²) in [6, 6.07) is 3.14.